The van der Waals surface area contributed by atoms with Crippen molar-refractivity contribution in [3.8, 4) is 0 Å². The van der Waals surface area contributed by atoms with Crippen LogP contribution in [0.25, 0.3) is 0 Å². The molecule has 2 unspecified atom stereocenters. The Hall–Kier alpha value is 0.0700. The Labute approximate surface area is 104 Å². The van der Waals surface area contributed by atoms with Crippen molar-refractivity contribution in [2.45, 2.75) is 36.1 Å². The van der Waals surface area contributed by atoms with Crippen LogP contribution in [0.3, 0.4) is 0 Å². The Morgan fingerprint density at radius 2 is 1.94 bits per heavy atom. The van der Waals surface area contributed by atoms with Crippen LogP contribution in [0.2, 0.25) is 0 Å². The van der Waals surface area contributed by atoms with E-state index in [1.54, 1.807) is 0 Å². The SMILES string of the molecule is COC(N)CSC1O[C@H](CO)[C@@H](O)[C@H](O)[C@@H]1O. The van der Waals surface area contributed by atoms with E-state index < -0.39 is 42.7 Å². The van der Waals surface area contributed by atoms with Gasteiger partial charge in [0.25, 0.3) is 0 Å². The van der Waals surface area contributed by atoms with Crippen molar-refractivity contribution in [3.05, 3.63) is 0 Å². The van der Waals surface area contributed by atoms with Crippen LogP contribution in [0, 0.1) is 0 Å². The minimum Gasteiger partial charge on any atom is -0.394 e. The van der Waals surface area contributed by atoms with Crippen LogP contribution in [0.4, 0.5) is 0 Å². The van der Waals surface area contributed by atoms with Gasteiger partial charge in [-0.25, -0.2) is 0 Å². The van der Waals surface area contributed by atoms with Gasteiger partial charge in [-0.2, -0.15) is 0 Å². The van der Waals surface area contributed by atoms with Crippen molar-refractivity contribution in [2.75, 3.05) is 19.5 Å². The second kappa shape index (κ2) is 6.86. The Morgan fingerprint density at radius 3 is 2.47 bits per heavy atom. The Kier molecular flexibility index (Phi) is 6.10. The maximum atomic E-state index is 9.69. The molecular weight excluding hydrogens is 250 g/mol. The monoisotopic (exact) mass is 269 g/mol. The summed E-state index contributed by atoms with van der Waals surface area (Å²) < 4.78 is 10.1. The average Bonchev–Trinajstić information content (AvgIpc) is 2.34. The maximum absolute atomic E-state index is 9.69. The smallest absolute Gasteiger partial charge is 0.132 e. The summed E-state index contributed by atoms with van der Waals surface area (Å²) in [5, 5.41) is 37.7. The number of hydrogen-bond donors (Lipinski definition) is 5. The highest BCUT2D eigenvalue weighted by atomic mass is 32.2. The highest BCUT2D eigenvalue weighted by molar-refractivity contribution is 7.99. The van der Waals surface area contributed by atoms with Crippen molar-refractivity contribution in [3.63, 3.8) is 0 Å². The first-order chi connectivity index (χ1) is 8.01. The van der Waals surface area contributed by atoms with Gasteiger partial charge in [0.2, 0.25) is 0 Å². The molecule has 8 heteroatoms. The van der Waals surface area contributed by atoms with Gasteiger partial charge in [-0.05, 0) is 0 Å². The van der Waals surface area contributed by atoms with E-state index in [4.69, 9.17) is 20.3 Å². The van der Waals surface area contributed by atoms with Gasteiger partial charge in [0.05, 0.1) is 6.61 Å². The van der Waals surface area contributed by atoms with Crippen molar-refractivity contribution in [1.29, 1.82) is 0 Å². The molecule has 0 aromatic heterocycles. The lowest BCUT2D eigenvalue weighted by Gasteiger charge is -2.39. The molecule has 0 amide bonds. The van der Waals surface area contributed by atoms with Gasteiger partial charge in [-0.1, -0.05) is 0 Å². The molecule has 0 bridgehead atoms. The van der Waals surface area contributed by atoms with E-state index in [1.807, 2.05) is 0 Å². The first kappa shape index (κ1) is 15.1. The number of thioether (sulfide) groups is 1. The molecular formula is C9H19NO6S. The fourth-order valence-electron chi connectivity index (χ4n) is 1.46. The molecule has 1 aliphatic rings. The van der Waals surface area contributed by atoms with Gasteiger partial charge >= 0.3 is 0 Å². The van der Waals surface area contributed by atoms with Gasteiger partial charge in [0.1, 0.15) is 36.1 Å². The lowest BCUT2D eigenvalue weighted by Crippen LogP contribution is -2.57. The first-order valence-corrected chi connectivity index (χ1v) is 6.26. The van der Waals surface area contributed by atoms with E-state index in [-0.39, 0.29) is 0 Å². The molecule has 0 aromatic rings. The zero-order valence-electron chi connectivity index (χ0n) is 9.47. The van der Waals surface area contributed by atoms with E-state index in [1.165, 1.54) is 7.11 Å². The normalized spacial score (nSPS) is 40.2. The second-order valence-corrected chi connectivity index (χ2v) is 4.94. The van der Waals surface area contributed by atoms with Crippen LogP contribution >= 0.6 is 11.8 Å². The summed E-state index contributed by atoms with van der Waals surface area (Å²) in [4.78, 5) is 0. The summed E-state index contributed by atoms with van der Waals surface area (Å²) in [5.74, 6) is 0.360. The summed E-state index contributed by atoms with van der Waals surface area (Å²) in [7, 11) is 1.46. The van der Waals surface area contributed by atoms with E-state index in [0.29, 0.717) is 5.75 Å². The minimum atomic E-state index is -1.35. The van der Waals surface area contributed by atoms with Gasteiger partial charge in [0.15, 0.2) is 0 Å². The number of hydrogen-bond acceptors (Lipinski definition) is 8. The first-order valence-electron chi connectivity index (χ1n) is 5.21. The molecule has 0 saturated carbocycles. The second-order valence-electron chi connectivity index (χ2n) is 3.80. The minimum absolute atomic E-state index is 0.360. The lowest BCUT2D eigenvalue weighted by atomic mass is 10.0. The number of aliphatic hydroxyl groups is 4. The molecule has 1 heterocycles. The van der Waals surface area contributed by atoms with E-state index in [9.17, 15) is 15.3 Å². The van der Waals surface area contributed by atoms with Crippen LogP contribution in [-0.4, -0.2) is 76.0 Å². The topological polar surface area (TPSA) is 125 Å². The quantitative estimate of drug-likeness (QED) is 0.345. The molecule has 102 valence electrons. The molecule has 0 aliphatic carbocycles. The standard InChI is InChI=1S/C9H19NO6S/c1-15-5(10)3-17-9-8(14)7(13)6(12)4(2-11)16-9/h4-9,11-14H,2-3,10H2,1H3/t4-,5?,6-,7+,8+,9?/m1/s1. The number of nitrogens with two attached hydrogens (primary N) is 1. The fraction of sp³-hybridized carbons (Fsp3) is 1.00. The molecule has 0 radical (unpaired) electrons. The Morgan fingerprint density at radius 1 is 1.29 bits per heavy atom. The summed E-state index contributed by atoms with van der Waals surface area (Å²) >= 11 is 1.16. The van der Waals surface area contributed by atoms with Crippen LogP contribution < -0.4 is 5.73 Å². The highest BCUT2D eigenvalue weighted by Gasteiger charge is 2.43. The van der Waals surface area contributed by atoms with Crippen LogP contribution in [0.15, 0.2) is 0 Å². The summed E-state index contributed by atoms with van der Waals surface area (Å²) in [6, 6.07) is 0. The molecule has 1 saturated heterocycles. The molecule has 7 nitrogen and oxygen atoms in total. The average molecular weight is 269 g/mol. The molecule has 6 atom stereocenters. The van der Waals surface area contributed by atoms with Gasteiger partial charge in [-0.15, -0.1) is 11.8 Å². The predicted octanol–water partition coefficient (Wildman–Crippen LogP) is -2.55. The molecule has 1 aliphatic heterocycles. The molecule has 0 spiro atoms. The number of rotatable bonds is 5. The van der Waals surface area contributed by atoms with E-state index in [2.05, 4.69) is 0 Å². The van der Waals surface area contributed by atoms with E-state index in [0.717, 1.165) is 11.8 Å². The van der Waals surface area contributed by atoms with Gasteiger partial charge in [-0.3, -0.25) is 0 Å². The van der Waals surface area contributed by atoms with Crippen molar-refractivity contribution >= 4 is 11.8 Å². The summed E-state index contributed by atoms with van der Waals surface area (Å²) in [6.07, 6.45) is -5.31. The fourth-order valence-corrected chi connectivity index (χ4v) is 2.56. The van der Waals surface area contributed by atoms with E-state index >= 15 is 0 Å². The van der Waals surface area contributed by atoms with Crippen molar-refractivity contribution in [1.82, 2.24) is 0 Å². The summed E-state index contributed by atoms with van der Waals surface area (Å²) in [5.41, 5.74) is 4.77. The van der Waals surface area contributed by atoms with Crippen molar-refractivity contribution < 1.29 is 29.9 Å². The van der Waals surface area contributed by atoms with Crippen molar-refractivity contribution in [2.24, 2.45) is 5.73 Å². The molecule has 6 N–H and O–H groups in total. The summed E-state index contributed by atoms with van der Waals surface area (Å²) in [6.45, 7) is -0.432. The number of aliphatic hydroxyl groups excluding tert-OH is 4. The van der Waals surface area contributed by atoms with Crippen LogP contribution in [0.5, 0.6) is 0 Å². The Bertz CT molecular complexity index is 232. The molecule has 17 heavy (non-hydrogen) atoms. The third kappa shape index (κ3) is 3.76. The predicted molar refractivity (Wildman–Crippen MR) is 61.2 cm³/mol. The molecule has 1 fully saturated rings. The largest absolute Gasteiger partial charge is 0.394 e. The number of methoxy groups -OCH3 is 1. The highest BCUT2D eigenvalue weighted by Crippen LogP contribution is 2.28. The third-order valence-electron chi connectivity index (χ3n) is 2.58. The van der Waals surface area contributed by atoms with Gasteiger partial charge < -0.3 is 35.6 Å². The third-order valence-corrected chi connectivity index (χ3v) is 3.82. The molecule has 1 rings (SSSR count). The molecule has 0 aromatic carbocycles. The van der Waals surface area contributed by atoms with Crippen LogP contribution in [-0.2, 0) is 9.47 Å². The van der Waals surface area contributed by atoms with Crippen LogP contribution in [0.1, 0.15) is 0 Å². The lowest BCUT2D eigenvalue weighted by molar-refractivity contribution is -0.205. The maximum Gasteiger partial charge on any atom is 0.132 e. The Balaban J connectivity index is 2.53. The zero-order valence-corrected chi connectivity index (χ0v) is 10.3. The zero-order chi connectivity index (χ0) is 13.0. The number of ether oxygens (including phenoxy) is 2. The van der Waals surface area contributed by atoms with Gasteiger partial charge in [0, 0.05) is 12.9 Å².